The lowest BCUT2D eigenvalue weighted by Gasteiger charge is -2.03. The predicted octanol–water partition coefficient (Wildman–Crippen LogP) is 3.75. The summed E-state index contributed by atoms with van der Waals surface area (Å²) in [6, 6.07) is 15.1. The molecule has 0 unspecified atom stereocenters. The largest absolute Gasteiger partial charge is 0.422 e. The third kappa shape index (κ3) is 2.43. The minimum Gasteiger partial charge on any atom is -0.422 e. The Hall–Kier alpha value is -1.83. The van der Waals surface area contributed by atoms with Gasteiger partial charge in [0, 0.05) is 15.6 Å². The summed E-state index contributed by atoms with van der Waals surface area (Å²) in [5.74, 6) is 0. The van der Waals surface area contributed by atoms with Crippen molar-refractivity contribution in [2.24, 2.45) is 0 Å². The minimum atomic E-state index is -0.331. The summed E-state index contributed by atoms with van der Waals surface area (Å²) in [4.78, 5) is 13.0. The summed E-state index contributed by atoms with van der Waals surface area (Å²) in [6.45, 7) is 0. The van der Waals surface area contributed by atoms with Crippen LogP contribution in [-0.2, 0) is 0 Å². The summed E-state index contributed by atoms with van der Waals surface area (Å²) in [6.07, 6.45) is 3.80. The molecule has 0 N–H and O–H groups in total. The maximum atomic E-state index is 12.1. The molecular weight excluding hydrogens is 287 g/mol. The van der Waals surface area contributed by atoms with Gasteiger partial charge >= 0.3 is 5.63 Å². The van der Waals surface area contributed by atoms with E-state index in [4.69, 9.17) is 4.42 Å². The maximum absolute atomic E-state index is 12.1. The topological polar surface area (TPSA) is 30.2 Å². The first-order valence-electron chi connectivity index (χ1n) is 6.01. The van der Waals surface area contributed by atoms with E-state index in [9.17, 15) is 4.79 Å². The van der Waals surface area contributed by atoms with Crippen LogP contribution >= 0.6 is 20.8 Å². The number of thiol groups is 1. The van der Waals surface area contributed by atoms with E-state index < -0.39 is 0 Å². The van der Waals surface area contributed by atoms with Crippen LogP contribution in [0.25, 0.3) is 22.1 Å². The van der Waals surface area contributed by atoms with Gasteiger partial charge in [-0.15, -0.1) is 12.6 Å². The molecule has 0 amide bonds. The van der Waals surface area contributed by atoms with Gasteiger partial charge in [-0.05, 0) is 35.9 Å². The van der Waals surface area contributed by atoms with Gasteiger partial charge in [-0.3, -0.25) is 0 Å². The molecule has 98 valence electrons. The Kier molecular flexibility index (Phi) is 3.47. The second-order valence-electron chi connectivity index (χ2n) is 4.37. The molecule has 0 spiro atoms. The highest BCUT2D eigenvalue weighted by Crippen LogP contribution is 2.22. The zero-order valence-electron chi connectivity index (χ0n) is 10.5. The molecule has 0 atom stereocenters. The van der Waals surface area contributed by atoms with E-state index in [-0.39, 0.29) is 5.63 Å². The molecule has 3 rings (SSSR count). The number of hydrogen-bond acceptors (Lipinski definition) is 3. The van der Waals surface area contributed by atoms with Gasteiger partial charge < -0.3 is 4.42 Å². The van der Waals surface area contributed by atoms with Crippen LogP contribution in [0.2, 0.25) is 0 Å². The third-order valence-corrected chi connectivity index (χ3v) is 4.02. The highest BCUT2D eigenvalue weighted by molar-refractivity contribution is 7.80. The van der Waals surface area contributed by atoms with Gasteiger partial charge in [-0.25, -0.2) is 4.79 Å². The molecule has 0 aliphatic carbocycles. The second-order valence-corrected chi connectivity index (χ2v) is 5.72. The van der Waals surface area contributed by atoms with Crippen molar-refractivity contribution in [2.45, 2.75) is 4.90 Å². The van der Waals surface area contributed by atoms with Crippen LogP contribution in [0.15, 0.2) is 62.6 Å². The molecule has 0 radical (unpaired) electrons. The first-order chi connectivity index (χ1) is 9.67. The molecule has 1 heterocycles. The van der Waals surface area contributed by atoms with Gasteiger partial charge in [-0.2, -0.15) is 0 Å². The fourth-order valence-corrected chi connectivity index (χ4v) is 2.58. The zero-order valence-corrected chi connectivity index (χ0v) is 12.3. The average Bonchev–Trinajstić information content (AvgIpc) is 2.47. The molecule has 2 nitrogen and oxygen atoms in total. The third-order valence-electron chi connectivity index (χ3n) is 3.08. The van der Waals surface area contributed by atoms with Gasteiger partial charge in [0.15, 0.2) is 0 Å². The molecule has 1 aromatic heterocycles. The lowest BCUT2D eigenvalue weighted by Crippen LogP contribution is -2.03. The van der Waals surface area contributed by atoms with Gasteiger partial charge in [-0.1, -0.05) is 32.7 Å². The molecule has 0 aliphatic rings. The molecule has 0 fully saturated rings. The van der Waals surface area contributed by atoms with Crippen LogP contribution in [0, 0.1) is 0 Å². The minimum absolute atomic E-state index is 0.331. The van der Waals surface area contributed by atoms with E-state index in [1.54, 1.807) is 0 Å². The standard InChI is InChI=1S/C16H11O2PS/c1-19-12-5-2-11-8-14(16(17)18-15(11)9-12)10-3-6-13(20)7-4-10/h2-9,20H,1H2. The first kappa shape index (κ1) is 13.2. The van der Waals surface area contributed by atoms with E-state index in [1.807, 2.05) is 48.5 Å². The van der Waals surface area contributed by atoms with Crippen LogP contribution in [-0.4, -0.2) is 6.30 Å². The van der Waals surface area contributed by atoms with E-state index in [0.717, 1.165) is 29.4 Å². The average molecular weight is 298 g/mol. The smallest absolute Gasteiger partial charge is 0.344 e. The van der Waals surface area contributed by atoms with Crippen LogP contribution in [0.4, 0.5) is 0 Å². The van der Waals surface area contributed by atoms with Crippen molar-refractivity contribution >= 4 is 43.4 Å². The Morgan fingerprint density at radius 3 is 2.50 bits per heavy atom. The van der Waals surface area contributed by atoms with E-state index >= 15 is 0 Å². The van der Waals surface area contributed by atoms with Crippen molar-refractivity contribution in [3.63, 3.8) is 0 Å². The van der Waals surface area contributed by atoms with Crippen molar-refractivity contribution in [3.05, 3.63) is 59.0 Å². The summed E-state index contributed by atoms with van der Waals surface area (Å²) in [7, 11) is 0.905. The van der Waals surface area contributed by atoms with E-state index in [0.29, 0.717) is 11.1 Å². The molecular formula is C16H11O2PS. The molecule has 0 saturated carbocycles. The lowest BCUT2D eigenvalue weighted by molar-refractivity contribution is 0.564. The highest BCUT2D eigenvalue weighted by atomic mass is 32.1. The van der Waals surface area contributed by atoms with Crippen LogP contribution in [0.3, 0.4) is 0 Å². The highest BCUT2D eigenvalue weighted by Gasteiger charge is 2.08. The van der Waals surface area contributed by atoms with Crippen LogP contribution < -0.4 is 10.9 Å². The number of rotatable bonds is 2. The Balaban J connectivity index is 2.22. The molecule has 0 bridgehead atoms. The maximum Gasteiger partial charge on any atom is 0.344 e. The quantitative estimate of drug-likeness (QED) is 0.443. The van der Waals surface area contributed by atoms with Crippen molar-refractivity contribution < 1.29 is 4.42 Å². The van der Waals surface area contributed by atoms with E-state index in [1.165, 1.54) is 0 Å². The van der Waals surface area contributed by atoms with Crippen molar-refractivity contribution in [1.29, 1.82) is 0 Å². The second kappa shape index (κ2) is 5.28. The van der Waals surface area contributed by atoms with E-state index in [2.05, 4.69) is 18.9 Å². The SMILES string of the molecule is C=Pc1ccc2cc(-c3ccc(S)cc3)c(=O)oc2c1. The van der Waals surface area contributed by atoms with Crippen molar-refractivity contribution in [2.75, 3.05) is 0 Å². The summed E-state index contributed by atoms with van der Waals surface area (Å²) < 4.78 is 5.41. The molecule has 20 heavy (non-hydrogen) atoms. The van der Waals surface area contributed by atoms with Gasteiger partial charge in [0.25, 0.3) is 0 Å². The molecule has 3 aromatic rings. The van der Waals surface area contributed by atoms with Crippen molar-refractivity contribution in [3.8, 4) is 11.1 Å². The molecule has 4 heteroatoms. The fraction of sp³-hybridized carbons (Fsp3) is 0. The number of benzene rings is 2. The predicted molar refractivity (Wildman–Crippen MR) is 88.8 cm³/mol. The molecule has 0 saturated heterocycles. The molecule has 2 aromatic carbocycles. The molecule has 0 aliphatic heterocycles. The Morgan fingerprint density at radius 2 is 1.80 bits per heavy atom. The number of fused-ring (bicyclic) bond motifs is 1. The zero-order chi connectivity index (χ0) is 14.1. The number of hydrogen-bond donors (Lipinski definition) is 1. The van der Waals surface area contributed by atoms with Crippen LogP contribution in [0.1, 0.15) is 0 Å². The van der Waals surface area contributed by atoms with Crippen molar-refractivity contribution in [1.82, 2.24) is 0 Å². The Bertz CT molecular complexity index is 850. The van der Waals surface area contributed by atoms with Crippen LogP contribution in [0.5, 0.6) is 0 Å². The fourth-order valence-electron chi connectivity index (χ4n) is 2.04. The Labute approximate surface area is 123 Å². The normalized spacial score (nSPS) is 11.1. The monoisotopic (exact) mass is 298 g/mol. The summed E-state index contributed by atoms with van der Waals surface area (Å²) >= 11 is 4.24. The Morgan fingerprint density at radius 1 is 1.05 bits per heavy atom. The first-order valence-corrected chi connectivity index (χ1v) is 7.54. The summed E-state index contributed by atoms with van der Waals surface area (Å²) in [5, 5.41) is 1.93. The van der Waals surface area contributed by atoms with Gasteiger partial charge in [0.1, 0.15) is 5.58 Å². The van der Waals surface area contributed by atoms with Gasteiger partial charge in [0.2, 0.25) is 0 Å². The lowest BCUT2D eigenvalue weighted by atomic mass is 10.1. The van der Waals surface area contributed by atoms with Gasteiger partial charge in [0.05, 0.1) is 5.56 Å². The summed E-state index contributed by atoms with van der Waals surface area (Å²) in [5.41, 5.74) is 1.66.